The topological polar surface area (TPSA) is 21.3 Å². The molecule has 0 amide bonds. The van der Waals surface area contributed by atoms with Gasteiger partial charge in [0, 0.05) is 12.6 Å². The fourth-order valence-electron chi connectivity index (χ4n) is 1.03. The van der Waals surface area contributed by atoms with Crippen LogP contribution in [0.2, 0.25) is 0 Å². The lowest BCUT2D eigenvalue weighted by Crippen LogP contribution is -2.36. The molecule has 0 rings (SSSR count). The molecule has 0 aromatic rings. The van der Waals surface area contributed by atoms with Gasteiger partial charge in [-0.05, 0) is 5.92 Å². The Hall–Kier alpha value is -0.340. The average molecular weight is 185 g/mol. The quantitative estimate of drug-likeness (QED) is 0.614. The van der Waals surface area contributed by atoms with Crippen LogP contribution in [0.15, 0.2) is 12.7 Å². The number of nitrogens with one attached hydrogen (secondary N) is 1. The highest BCUT2D eigenvalue weighted by Crippen LogP contribution is 2.05. The third-order valence-electron chi connectivity index (χ3n) is 1.90. The molecule has 0 radical (unpaired) electrons. The molecule has 0 aromatic carbocycles. The zero-order valence-electron chi connectivity index (χ0n) is 9.34. The summed E-state index contributed by atoms with van der Waals surface area (Å²) in [5, 5.41) is 3.38. The SMILES string of the molecule is C=CCOC(CNC(C)C)C(C)C. The predicted octanol–water partition coefficient (Wildman–Crippen LogP) is 2.21. The Morgan fingerprint density at radius 3 is 2.31 bits per heavy atom. The van der Waals surface area contributed by atoms with Gasteiger partial charge in [0.15, 0.2) is 0 Å². The molecule has 0 heterocycles. The largest absolute Gasteiger partial charge is 0.373 e. The first-order valence-corrected chi connectivity index (χ1v) is 5.03. The molecule has 0 aliphatic heterocycles. The lowest BCUT2D eigenvalue weighted by molar-refractivity contribution is 0.0395. The summed E-state index contributed by atoms with van der Waals surface area (Å²) in [7, 11) is 0. The van der Waals surface area contributed by atoms with Crippen LogP contribution >= 0.6 is 0 Å². The second-order valence-corrected chi connectivity index (χ2v) is 3.97. The minimum Gasteiger partial charge on any atom is -0.373 e. The summed E-state index contributed by atoms with van der Waals surface area (Å²) in [5.41, 5.74) is 0. The van der Waals surface area contributed by atoms with Crippen LogP contribution in [0.3, 0.4) is 0 Å². The van der Waals surface area contributed by atoms with E-state index in [1.807, 2.05) is 0 Å². The molecule has 0 saturated carbocycles. The van der Waals surface area contributed by atoms with Crippen molar-refractivity contribution in [2.24, 2.45) is 5.92 Å². The highest BCUT2D eigenvalue weighted by atomic mass is 16.5. The van der Waals surface area contributed by atoms with Gasteiger partial charge in [-0.25, -0.2) is 0 Å². The number of hydrogen-bond acceptors (Lipinski definition) is 2. The van der Waals surface area contributed by atoms with Crippen molar-refractivity contribution in [1.29, 1.82) is 0 Å². The van der Waals surface area contributed by atoms with Gasteiger partial charge in [-0.3, -0.25) is 0 Å². The highest BCUT2D eigenvalue weighted by molar-refractivity contribution is 4.71. The molecular formula is C11H23NO. The molecule has 78 valence electrons. The predicted molar refractivity (Wildman–Crippen MR) is 57.9 cm³/mol. The lowest BCUT2D eigenvalue weighted by Gasteiger charge is -2.22. The van der Waals surface area contributed by atoms with Crippen LogP contribution in [0, 0.1) is 5.92 Å². The first kappa shape index (κ1) is 12.7. The van der Waals surface area contributed by atoms with Gasteiger partial charge >= 0.3 is 0 Å². The van der Waals surface area contributed by atoms with Crippen LogP contribution in [0.1, 0.15) is 27.7 Å². The fourth-order valence-corrected chi connectivity index (χ4v) is 1.03. The minimum atomic E-state index is 0.292. The van der Waals surface area contributed by atoms with Gasteiger partial charge in [0.2, 0.25) is 0 Å². The minimum absolute atomic E-state index is 0.292. The van der Waals surface area contributed by atoms with Crippen molar-refractivity contribution < 1.29 is 4.74 Å². The molecule has 2 heteroatoms. The molecule has 13 heavy (non-hydrogen) atoms. The summed E-state index contributed by atoms with van der Waals surface area (Å²) in [6.45, 7) is 13.8. The smallest absolute Gasteiger partial charge is 0.0726 e. The average Bonchev–Trinajstić information content (AvgIpc) is 2.03. The number of hydrogen-bond donors (Lipinski definition) is 1. The van der Waals surface area contributed by atoms with Crippen LogP contribution in [0.4, 0.5) is 0 Å². The van der Waals surface area contributed by atoms with Gasteiger partial charge in [0.05, 0.1) is 12.7 Å². The van der Waals surface area contributed by atoms with Gasteiger partial charge in [0.1, 0.15) is 0 Å². The molecular weight excluding hydrogens is 162 g/mol. The Bertz CT molecular complexity index is 132. The molecule has 0 fully saturated rings. The van der Waals surface area contributed by atoms with Crippen molar-refractivity contribution in [3.8, 4) is 0 Å². The standard InChI is InChI=1S/C11H23NO/c1-6-7-13-11(9(2)3)8-12-10(4)5/h6,9-12H,1,7-8H2,2-5H3. The highest BCUT2D eigenvalue weighted by Gasteiger charge is 2.12. The lowest BCUT2D eigenvalue weighted by atomic mass is 10.1. The van der Waals surface area contributed by atoms with Crippen molar-refractivity contribution in [1.82, 2.24) is 5.32 Å². The second-order valence-electron chi connectivity index (χ2n) is 3.97. The Morgan fingerprint density at radius 1 is 1.31 bits per heavy atom. The van der Waals surface area contributed by atoms with Crippen molar-refractivity contribution in [2.45, 2.75) is 39.8 Å². The zero-order valence-corrected chi connectivity index (χ0v) is 9.34. The summed E-state index contributed by atoms with van der Waals surface area (Å²) in [6, 6.07) is 0.522. The maximum Gasteiger partial charge on any atom is 0.0726 e. The van der Waals surface area contributed by atoms with Crippen LogP contribution in [0.5, 0.6) is 0 Å². The van der Waals surface area contributed by atoms with Crippen molar-refractivity contribution in [3.63, 3.8) is 0 Å². The maximum absolute atomic E-state index is 5.62. The Labute approximate surface area is 82.4 Å². The van der Waals surface area contributed by atoms with Gasteiger partial charge in [-0.15, -0.1) is 6.58 Å². The van der Waals surface area contributed by atoms with E-state index in [4.69, 9.17) is 4.74 Å². The van der Waals surface area contributed by atoms with Gasteiger partial charge < -0.3 is 10.1 Å². The summed E-state index contributed by atoms with van der Waals surface area (Å²) in [6.07, 6.45) is 2.09. The van der Waals surface area contributed by atoms with E-state index in [9.17, 15) is 0 Å². The molecule has 0 bridgehead atoms. The van der Waals surface area contributed by atoms with Crippen LogP contribution < -0.4 is 5.32 Å². The first-order chi connectivity index (χ1) is 6.07. The summed E-state index contributed by atoms with van der Waals surface area (Å²) >= 11 is 0. The van der Waals surface area contributed by atoms with E-state index in [1.165, 1.54) is 0 Å². The summed E-state index contributed by atoms with van der Waals surface area (Å²) in [4.78, 5) is 0. The van der Waals surface area contributed by atoms with Crippen LogP contribution in [-0.4, -0.2) is 25.3 Å². The second kappa shape index (κ2) is 7.10. The van der Waals surface area contributed by atoms with E-state index in [0.717, 1.165) is 6.54 Å². The molecule has 0 spiro atoms. The van der Waals surface area contributed by atoms with Gasteiger partial charge in [-0.1, -0.05) is 33.8 Å². The van der Waals surface area contributed by atoms with E-state index in [1.54, 1.807) is 6.08 Å². The Morgan fingerprint density at radius 2 is 1.92 bits per heavy atom. The van der Waals surface area contributed by atoms with Crippen molar-refractivity contribution in [2.75, 3.05) is 13.2 Å². The van der Waals surface area contributed by atoms with Crippen LogP contribution in [-0.2, 0) is 4.74 Å². The molecule has 0 aromatic heterocycles. The van der Waals surface area contributed by atoms with E-state index in [-0.39, 0.29) is 0 Å². The molecule has 2 nitrogen and oxygen atoms in total. The third-order valence-corrected chi connectivity index (χ3v) is 1.90. The van der Waals surface area contributed by atoms with Gasteiger partial charge in [0.25, 0.3) is 0 Å². The monoisotopic (exact) mass is 185 g/mol. The Kier molecular flexibility index (Phi) is 6.92. The molecule has 0 aliphatic carbocycles. The molecule has 1 atom stereocenters. The normalized spacial score (nSPS) is 13.7. The molecule has 0 saturated heterocycles. The zero-order chi connectivity index (χ0) is 10.3. The van der Waals surface area contributed by atoms with E-state index in [0.29, 0.717) is 24.7 Å². The van der Waals surface area contributed by atoms with Crippen molar-refractivity contribution >= 4 is 0 Å². The first-order valence-electron chi connectivity index (χ1n) is 5.03. The van der Waals surface area contributed by atoms with Crippen molar-refractivity contribution in [3.05, 3.63) is 12.7 Å². The fraction of sp³-hybridized carbons (Fsp3) is 0.818. The summed E-state index contributed by atoms with van der Waals surface area (Å²) in [5.74, 6) is 0.547. The van der Waals surface area contributed by atoms with Gasteiger partial charge in [-0.2, -0.15) is 0 Å². The van der Waals surface area contributed by atoms with E-state index in [2.05, 4.69) is 39.6 Å². The number of rotatable bonds is 7. The maximum atomic E-state index is 5.62. The van der Waals surface area contributed by atoms with E-state index >= 15 is 0 Å². The molecule has 1 unspecified atom stereocenters. The Balaban J connectivity index is 3.73. The third kappa shape index (κ3) is 6.79. The number of ether oxygens (including phenoxy) is 1. The summed E-state index contributed by atoms with van der Waals surface area (Å²) < 4.78 is 5.62. The van der Waals surface area contributed by atoms with Crippen LogP contribution in [0.25, 0.3) is 0 Å². The molecule has 1 N–H and O–H groups in total. The molecule has 0 aliphatic rings. The van der Waals surface area contributed by atoms with E-state index < -0.39 is 0 Å².